The third-order valence-electron chi connectivity index (χ3n) is 3.27. The lowest BCUT2D eigenvalue weighted by atomic mass is 9.87. The van der Waals surface area contributed by atoms with Crippen LogP contribution < -0.4 is 5.73 Å². The van der Waals surface area contributed by atoms with Crippen molar-refractivity contribution in [1.29, 1.82) is 5.41 Å². The number of nitrogens with two attached hydrogens (primary N) is 1. The molecule has 18 heavy (non-hydrogen) atoms. The Bertz CT molecular complexity index is 704. The largest absolute Gasteiger partial charge is 0.507 e. The van der Waals surface area contributed by atoms with E-state index in [-0.39, 0.29) is 17.2 Å². The number of phenols is 2. The van der Waals surface area contributed by atoms with Gasteiger partial charge in [-0.25, -0.2) is 0 Å². The van der Waals surface area contributed by atoms with Crippen LogP contribution in [0, 0.1) is 5.41 Å². The Kier molecular flexibility index (Phi) is 2.15. The summed E-state index contributed by atoms with van der Waals surface area (Å²) in [5.74, 6) is 0.0446. The first-order valence-electron chi connectivity index (χ1n) is 5.60. The number of allylic oxidation sites excluding steroid dienone is 1. The van der Waals surface area contributed by atoms with Crippen molar-refractivity contribution in [3.8, 4) is 11.5 Å². The van der Waals surface area contributed by atoms with E-state index in [1.807, 2.05) is 0 Å². The smallest absolute Gasteiger partial charge is 0.133 e. The molecule has 0 saturated heterocycles. The maximum absolute atomic E-state index is 10.3. The summed E-state index contributed by atoms with van der Waals surface area (Å²) >= 11 is 0. The summed E-state index contributed by atoms with van der Waals surface area (Å²) in [6, 6.07) is 6.48. The number of hydrogen-bond acceptors (Lipinski definition) is 4. The van der Waals surface area contributed by atoms with Gasteiger partial charge in [-0.1, -0.05) is 30.3 Å². The number of nitrogens with one attached hydrogen (secondary N) is 1. The molecule has 2 aromatic rings. The quantitative estimate of drug-likeness (QED) is 0.532. The predicted octanol–water partition coefficient (Wildman–Crippen LogP) is 2.19. The molecule has 0 bridgehead atoms. The third-order valence-corrected chi connectivity index (χ3v) is 3.27. The Labute approximate surface area is 103 Å². The number of benzene rings is 2. The Hall–Kier alpha value is -2.33. The summed E-state index contributed by atoms with van der Waals surface area (Å²) in [6.07, 6.45) is 3.18. The molecule has 0 spiro atoms. The lowest BCUT2D eigenvalue weighted by Gasteiger charge is -2.22. The van der Waals surface area contributed by atoms with E-state index in [0.29, 0.717) is 21.9 Å². The van der Waals surface area contributed by atoms with E-state index in [0.717, 1.165) is 0 Å². The Morgan fingerprint density at radius 3 is 2.33 bits per heavy atom. The summed E-state index contributed by atoms with van der Waals surface area (Å²) in [5.41, 5.74) is 6.81. The van der Waals surface area contributed by atoms with Gasteiger partial charge in [0.05, 0.1) is 17.3 Å². The number of phenolic OH excluding ortho intramolecular Hbond substituents is 2. The fourth-order valence-electron chi connectivity index (χ4n) is 2.40. The van der Waals surface area contributed by atoms with Gasteiger partial charge in [0, 0.05) is 16.3 Å². The summed E-state index contributed by atoms with van der Waals surface area (Å²) < 4.78 is 0. The molecule has 90 valence electrons. The Balaban J connectivity index is 2.52. The minimum atomic E-state index is -0.510. The molecule has 1 aliphatic carbocycles. The second-order valence-electron chi connectivity index (χ2n) is 4.33. The number of aromatic hydroxyl groups is 2. The molecule has 0 aliphatic heterocycles. The molecular formula is C14H12N2O2. The van der Waals surface area contributed by atoms with Crippen molar-refractivity contribution < 1.29 is 10.2 Å². The molecule has 2 aromatic carbocycles. The van der Waals surface area contributed by atoms with Gasteiger partial charge >= 0.3 is 0 Å². The molecule has 3 rings (SSSR count). The summed E-state index contributed by atoms with van der Waals surface area (Å²) in [7, 11) is 0. The number of hydrogen-bond donors (Lipinski definition) is 4. The molecule has 0 fully saturated rings. The zero-order valence-corrected chi connectivity index (χ0v) is 9.51. The highest BCUT2D eigenvalue weighted by Gasteiger charge is 2.26. The molecule has 0 heterocycles. The third kappa shape index (κ3) is 1.26. The van der Waals surface area contributed by atoms with Crippen LogP contribution in [0.5, 0.6) is 11.5 Å². The van der Waals surface area contributed by atoms with Crippen molar-refractivity contribution in [2.75, 3.05) is 0 Å². The normalized spacial score (nSPS) is 18.1. The second-order valence-corrected chi connectivity index (χ2v) is 4.33. The van der Waals surface area contributed by atoms with Crippen LogP contribution in [0.2, 0.25) is 0 Å². The molecule has 5 N–H and O–H groups in total. The minimum Gasteiger partial charge on any atom is -0.507 e. The molecule has 0 amide bonds. The van der Waals surface area contributed by atoms with Crippen LogP contribution in [0.15, 0.2) is 36.4 Å². The van der Waals surface area contributed by atoms with Crippen molar-refractivity contribution >= 4 is 16.5 Å². The first kappa shape index (κ1) is 10.8. The highest BCUT2D eigenvalue weighted by Crippen LogP contribution is 2.43. The second kappa shape index (κ2) is 3.58. The van der Waals surface area contributed by atoms with Gasteiger partial charge in [0.25, 0.3) is 0 Å². The van der Waals surface area contributed by atoms with E-state index >= 15 is 0 Å². The van der Waals surface area contributed by atoms with Crippen molar-refractivity contribution in [1.82, 2.24) is 0 Å². The summed E-state index contributed by atoms with van der Waals surface area (Å²) in [6.45, 7) is 0. The molecule has 0 aromatic heterocycles. The van der Waals surface area contributed by atoms with Crippen molar-refractivity contribution in [2.45, 2.75) is 6.04 Å². The first-order chi connectivity index (χ1) is 8.61. The molecular weight excluding hydrogens is 228 g/mol. The zero-order valence-electron chi connectivity index (χ0n) is 9.51. The molecule has 4 nitrogen and oxygen atoms in total. The Morgan fingerprint density at radius 1 is 1.06 bits per heavy atom. The van der Waals surface area contributed by atoms with Gasteiger partial charge in [-0.05, 0) is 6.08 Å². The van der Waals surface area contributed by atoms with Gasteiger partial charge in [-0.3, -0.25) is 0 Å². The van der Waals surface area contributed by atoms with Gasteiger partial charge in [-0.15, -0.1) is 0 Å². The monoisotopic (exact) mass is 240 g/mol. The first-order valence-corrected chi connectivity index (χ1v) is 5.60. The molecule has 1 aliphatic rings. The average Bonchev–Trinajstić information content (AvgIpc) is 2.38. The van der Waals surface area contributed by atoms with Crippen LogP contribution in [0.3, 0.4) is 0 Å². The maximum atomic E-state index is 10.3. The van der Waals surface area contributed by atoms with E-state index in [9.17, 15) is 10.2 Å². The molecule has 1 unspecified atom stereocenters. The van der Waals surface area contributed by atoms with Crippen LogP contribution in [0.1, 0.15) is 17.2 Å². The van der Waals surface area contributed by atoms with Crippen LogP contribution in [0.25, 0.3) is 10.8 Å². The fourth-order valence-corrected chi connectivity index (χ4v) is 2.40. The fraction of sp³-hybridized carbons (Fsp3) is 0.0714. The van der Waals surface area contributed by atoms with Gasteiger partial charge in [-0.2, -0.15) is 0 Å². The van der Waals surface area contributed by atoms with E-state index < -0.39 is 6.04 Å². The van der Waals surface area contributed by atoms with Gasteiger partial charge in [0.2, 0.25) is 0 Å². The maximum Gasteiger partial charge on any atom is 0.133 e. The van der Waals surface area contributed by atoms with Crippen molar-refractivity contribution in [2.24, 2.45) is 5.73 Å². The van der Waals surface area contributed by atoms with Gasteiger partial charge in [0.15, 0.2) is 0 Å². The minimum absolute atomic E-state index is 0.00296. The van der Waals surface area contributed by atoms with Gasteiger partial charge in [0.1, 0.15) is 11.5 Å². The average molecular weight is 240 g/mol. The zero-order chi connectivity index (χ0) is 12.9. The lowest BCUT2D eigenvalue weighted by molar-refractivity contribution is 0.460. The predicted molar refractivity (Wildman–Crippen MR) is 70.2 cm³/mol. The van der Waals surface area contributed by atoms with Crippen LogP contribution in [0.4, 0.5) is 0 Å². The summed E-state index contributed by atoms with van der Waals surface area (Å²) in [5, 5.41) is 29.5. The van der Waals surface area contributed by atoms with E-state index in [1.165, 1.54) is 0 Å². The van der Waals surface area contributed by atoms with Gasteiger partial charge < -0.3 is 21.4 Å². The molecule has 0 saturated carbocycles. The molecule has 0 radical (unpaired) electrons. The molecule has 4 heteroatoms. The highest BCUT2D eigenvalue weighted by molar-refractivity contribution is 6.15. The lowest BCUT2D eigenvalue weighted by Crippen LogP contribution is -2.17. The Morgan fingerprint density at radius 2 is 1.67 bits per heavy atom. The van der Waals surface area contributed by atoms with Crippen LogP contribution in [-0.4, -0.2) is 15.9 Å². The van der Waals surface area contributed by atoms with Crippen LogP contribution >= 0.6 is 0 Å². The standard InChI is InChI=1S/C14H12N2O2/c15-9-5-6-10(16)12-11(9)13(17)7-3-1-2-4-8(7)14(12)18/h1-6,9,16-18H,15H2. The van der Waals surface area contributed by atoms with Crippen LogP contribution in [-0.2, 0) is 0 Å². The van der Waals surface area contributed by atoms with Crippen molar-refractivity contribution in [3.63, 3.8) is 0 Å². The van der Waals surface area contributed by atoms with E-state index in [1.54, 1.807) is 36.4 Å². The number of rotatable bonds is 0. The molecule has 1 atom stereocenters. The number of fused-ring (bicyclic) bond motifs is 2. The van der Waals surface area contributed by atoms with E-state index in [4.69, 9.17) is 11.1 Å². The topological polar surface area (TPSA) is 90.3 Å². The van der Waals surface area contributed by atoms with E-state index in [2.05, 4.69) is 0 Å². The van der Waals surface area contributed by atoms with Crippen molar-refractivity contribution in [3.05, 3.63) is 47.5 Å². The summed E-state index contributed by atoms with van der Waals surface area (Å²) in [4.78, 5) is 0. The highest BCUT2D eigenvalue weighted by atomic mass is 16.3. The SMILES string of the molecule is N=C1C=CC(N)c2c1c(O)c1ccccc1c2O.